The number of nitrogens with zero attached hydrogens (tertiary/aromatic N) is 1. The van der Waals surface area contributed by atoms with E-state index in [4.69, 9.17) is 18.1 Å². The Morgan fingerprint density at radius 1 is 0.700 bits per heavy atom. The summed E-state index contributed by atoms with van der Waals surface area (Å²) in [5, 5.41) is 0. The van der Waals surface area contributed by atoms with Gasteiger partial charge in [-0.05, 0) is 34.7 Å². The van der Waals surface area contributed by atoms with Gasteiger partial charge in [-0.15, -0.1) is 0 Å². The molecule has 20 heavy (non-hydrogen) atoms. The van der Waals surface area contributed by atoms with Gasteiger partial charge in [-0.1, -0.05) is 0 Å². The Kier molecular flexibility index (Phi) is 10.2. The van der Waals surface area contributed by atoms with Crippen molar-refractivity contribution in [1.82, 2.24) is 4.90 Å². The van der Waals surface area contributed by atoms with Crippen LogP contribution in [0.1, 0.15) is 27.7 Å². The zero-order valence-corrected chi connectivity index (χ0v) is 14.8. The SMILES string of the molecule is CCOP(=O)(CN(C)CP(=O)(OCC)OCC)OCC. The first-order valence-corrected chi connectivity index (χ1v) is 10.2. The average Bonchev–Trinajstić information content (AvgIpc) is 2.28. The summed E-state index contributed by atoms with van der Waals surface area (Å²) in [5.41, 5.74) is 0. The van der Waals surface area contributed by atoms with Gasteiger partial charge < -0.3 is 18.1 Å². The molecule has 0 aliphatic carbocycles. The second kappa shape index (κ2) is 10.1. The topological polar surface area (TPSA) is 74.3 Å². The molecular formula is C11H27NO6P2. The Bertz CT molecular complexity index is 300. The van der Waals surface area contributed by atoms with Crippen molar-refractivity contribution in [2.24, 2.45) is 0 Å². The van der Waals surface area contributed by atoms with Crippen LogP contribution < -0.4 is 0 Å². The summed E-state index contributed by atoms with van der Waals surface area (Å²) in [6.07, 6.45) is 0.0810. The van der Waals surface area contributed by atoms with Crippen LogP contribution in [0.15, 0.2) is 0 Å². The lowest BCUT2D eigenvalue weighted by Crippen LogP contribution is -2.24. The third-order valence-corrected chi connectivity index (χ3v) is 6.40. The molecule has 0 aliphatic heterocycles. The average molecular weight is 331 g/mol. The predicted octanol–water partition coefficient (Wildman–Crippen LogP) is 3.37. The summed E-state index contributed by atoms with van der Waals surface area (Å²) in [6, 6.07) is 0. The minimum Gasteiger partial charge on any atom is -0.308 e. The maximum Gasteiger partial charge on any atom is 0.344 e. The van der Waals surface area contributed by atoms with Crippen LogP contribution in [0.3, 0.4) is 0 Å². The monoisotopic (exact) mass is 331 g/mol. The Hall–Kier alpha value is 0.260. The van der Waals surface area contributed by atoms with E-state index < -0.39 is 15.2 Å². The standard InChI is InChI=1S/C11H27NO6P2/c1-6-15-19(13,16-7-2)10-12(5)11-20(14,17-8-3)18-9-4/h6-11H2,1-5H3. The molecule has 0 spiro atoms. The van der Waals surface area contributed by atoms with Gasteiger partial charge in [0.1, 0.15) is 12.6 Å². The number of hydrogen-bond donors (Lipinski definition) is 0. The fourth-order valence-corrected chi connectivity index (χ4v) is 5.25. The van der Waals surface area contributed by atoms with Gasteiger partial charge >= 0.3 is 15.2 Å². The van der Waals surface area contributed by atoms with E-state index in [9.17, 15) is 9.13 Å². The van der Waals surface area contributed by atoms with Gasteiger partial charge in [-0.2, -0.15) is 0 Å². The molecule has 0 radical (unpaired) electrons. The van der Waals surface area contributed by atoms with Crippen molar-refractivity contribution in [2.75, 3.05) is 46.0 Å². The van der Waals surface area contributed by atoms with E-state index in [2.05, 4.69) is 0 Å². The molecule has 7 nitrogen and oxygen atoms in total. The molecule has 0 aromatic carbocycles. The zero-order chi connectivity index (χ0) is 15.6. The van der Waals surface area contributed by atoms with E-state index in [1.807, 2.05) is 0 Å². The molecular weight excluding hydrogens is 304 g/mol. The Morgan fingerprint density at radius 2 is 0.950 bits per heavy atom. The molecule has 0 amide bonds. The lowest BCUT2D eigenvalue weighted by Gasteiger charge is -2.26. The molecule has 0 heterocycles. The van der Waals surface area contributed by atoms with E-state index in [-0.39, 0.29) is 12.6 Å². The van der Waals surface area contributed by atoms with E-state index in [0.717, 1.165) is 0 Å². The second-order valence-corrected chi connectivity index (χ2v) is 8.07. The smallest absolute Gasteiger partial charge is 0.308 e. The van der Waals surface area contributed by atoms with E-state index in [0.29, 0.717) is 26.4 Å². The molecule has 0 bridgehead atoms. The third kappa shape index (κ3) is 7.89. The van der Waals surface area contributed by atoms with Crippen molar-refractivity contribution in [3.8, 4) is 0 Å². The van der Waals surface area contributed by atoms with Crippen LogP contribution >= 0.6 is 15.2 Å². The van der Waals surface area contributed by atoms with Crippen molar-refractivity contribution in [1.29, 1.82) is 0 Å². The highest BCUT2D eigenvalue weighted by molar-refractivity contribution is 7.54. The summed E-state index contributed by atoms with van der Waals surface area (Å²) in [6.45, 7) is 8.15. The van der Waals surface area contributed by atoms with Crippen molar-refractivity contribution in [3.05, 3.63) is 0 Å². The van der Waals surface area contributed by atoms with Crippen LogP contribution in [0.4, 0.5) is 0 Å². The first-order chi connectivity index (χ1) is 9.34. The summed E-state index contributed by atoms with van der Waals surface area (Å²) in [7, 11) is -4.74. The number of rotatable bonds is 12. The maximum atomic E-state index is 12.4. The minimum atomic E-state index is -3.21. The molecule has 0 atom stereocenters. The van der Waals surface area contributed by atoms with Crippen LogP contribution in [0, 0.1) is 0 Å². The largest absolute Gasteiger partial charge is 0.344 e. The van der Waals surface area contributed by atoms with Crippen molar-refractivity contribution >= 4 is 15.2 Å². The van der Waals surface area contributed by atoms with E-state index in [1.54, 1.807) is 39.6 Å². The Morgan fingerprint density at radius 3 is 1.15 bits per heavy atom. The first-order valence-electron chi connectivity index (χ1n) is 6.79. The summed E-state index contributed by atoms with van der Waals surface area (Å²) >= 11 is 0. The quantitative estimate of drug-likeness (QED) is 0.508. The summed E-state index contributed by atoms with van der Waals surface area (Å²) < 4.78 is 45.5. The molecule has 122 valence electrons. The first kappa shape index (κ1) is 20.3. The summed E-state index contributed by atoms with van der Waals surface area (Å²) in [4.78, 5) is 1.60. The molecule has 0 N–H and O–H groups in total. The second-order valence-electron chi connectivity index (χ2n) is 4.03. The molecule has 0 saturated heterocycles. The molecule has 0 aromatic heterocycles. The third-order valence-electron chi connectivity index (χ3n) is 2.13. The van der Waals surface area contributed by atoms with Crippen LogP contribution in [-0.4, -0.2) is 50.9 Å². The number of hydrogen-bond acceptors (Lipinski definition) is 7. The van der Waals surface area contributed by atoms with Crippen LogP contribution in [0.25, 0.3) is 0 Å². The van der Waals surface area contributed by atoms with Crippen molar-refractivity contribution in [2.45, 2.75) is 27.7 Å². The maximum absolute atomic E-state index is 12.4. The van der Waals surface area contributed by atoms with E-state index in [1.165, 1.54) is 0 Å². The fraction of sp³-hybridized carbons (Fsp3) is 1.00. The molecule has 0 aliphatic rings. The molecule has 0 fully saturated rings. The fourth-order valence-electron chi connectivity index (χ4n) is 1.66. The summed E-state index contributed by atoms with van der Waals surface area (Å²) in [5.74, 6) is 0. The van der Waals surface area contributed by atoms with Gasteiger partial charge in [-0.25, -0.2) is 0 Å². The van der Waals surface area contributed by atoms with Gasteiger partial charge in [0.05, 0.1) is 26.4 Å². The molecule has 0 saturated carbocycles. The highest BCUT2D eigenvalue weighted by Crippen LogP contribution is 2.52. The van der Waals surface area contributed by atoms with Gasteiger partial charge in [0.25, 0.3) is 0 Å². The highest BCUT2D eigenvalue weighted by atomic mass is 31.2. The minimum absolute atomic E-state index is 0.0405. The van der Waals surface area contributed by atoms with Gasteiger partial charge in [0, 0.05) is 0 Å². The highest BCUT2D eigenvalue weighted by Gasteiger charge is 2.31. The zero-order valence-electron chi connectivity index (χ0n) is 13.0. The lowest BCUT2D eigenvalue weighted by atomic mass is 10.9. The van der Waals surface area contributed by atoms with Crippen LogP contribution in [0.2, 0.25) is 0 Å². The van der Waals surface area contributed by atoms with Crippen molar-refractivity contribution in [3.63, 3.8) is 0 Å². The molecule has 0 unspecified atom stereocenters. The van der Waals surface area contributed by atoms with Gasteiger partial charge in [0.2, 0.25) is 0 Å². The lowest BCUT2D eigenvalue weighted by molar-refractivity contribution is 0.192. The normalized spacial score (nSPS) is 13.1. The van der Waals surface area contributed by atoms with Crippen LogP contribution in [-0.2, 0) is 27.2 Å². The Balaban J connectivity index is 4.67. The molecule has 0 rings (SSSR count). The van der Waals surface area contributed by atoms with Crippen LogP contribution in [0.5, 0.6) is 0 Å². The van der Waals surface area contributed by atoms with Crippen molar-refractivity contribution < 1.29 is 27.2 Å². The predicted molar refractivity (Wildman–Crippen MR) is 79.2 cm³/mol. The van der Waals surface area contributed by atoms with Gasteiger partial charge in [0.15, 0.2) is 0 Å². The Labute approximate surface area is 122 Å². The molecule has 9 heteroatoms. The van der Waals surface area contributed by atoms with Gasteiger partial charge in [-0.3, -0.25) is 14.0 Å². The van der Waals surface area contributed by atoms with E-state index >= 15 is 0 Å². The molecule has 0 aromatic rings.